The molecule has 0 bridgehead atoms. The number of halogens is 1. The molecule has 0 aromatic heterocycles. The molecule has 1 aromatic carbocycles. The van der Waals surface area contributed by atoms with Crippen LogP contribution >= 0.6 is 11.6 Å². The van der Waals surface area contributed by atoms with Gasteiger partial charge in [-0.15, -0.1) is 0 Å². The number of carbonyl (C=O) groups excluding carboxylic acids is 1. The van der Waals surface area contributed by atoms with E-state index in [9.17, 15) is 4.79 Å². The van der Waals surface area contributed by atoms with Gasteiger partial charge in [-0.25, -0.2) is 0 Å². The van der Waals surface area contributed by atoms with Crippen LogP contribution in [-0.4, -0.2) is 19.1 Å². The molecule has 0 unspecified atom stereocenters. The number of hydrogen-bond acceptors (Lipinski definition) is 3. The normalized spacial score (nSPS) is 10.2. The predicted molar refractivity (Wildman–Crippen MR) is 70.2 cm³/mol. The monoisotopic (exact) mass is 256 g/mol. The summed E-state index contributed by atoms with van der Waals surface area (Å²) in [5, 5.41) is 3.24. The molecule has 0 heterocycles. The summed E-state index contributed by atoms with van der Waals surface area (Å²) in [6.07, 6.45) is 1.14. The zero-order valence-electron chi connectivity index (χ0n) is 9.83. The Hall–Kier alpha value is -1.26. The van der Waals surface area contributed by atoms with Gasteiger partial charge in [0.1, 0.15) is 0 Å². The van der Waals surface area contributed by atoms with E-state index in [-0.39, 0.29) is 5.91 Å². The number of nitrogens with two attached hydrogens (primary N) is 1. The molecule has 0 aliphatic heterocycles. The van der Waals surface area contributed by atoms with Crippen LogP contribution in [-0.2, 0) is 9.53 Å². The standard InChI is InChI=1S/C12H17ClN2O2/c1-2-17-7-3-4-12(16)15-9-5-6-10(13)11(14)8-9/h5-6,8H,2-4,7,14H2,1H3,(H,15,16). The highest BCUT2D eigenvalue weighted by Gasteiger charge is 2.03. The van der Waals surface area contributed by atoms with Crippen LogP contribution in [0, 0.1) is 0 Å². The molecule has 94 valence electrons. The first kappa shape index (κ1) is 13.8. The number of ether oxygens (including phenoxy) is 1. The van der Waals surface area contributed by atoms with Crippen LogP contribution in [0.25, 0.3) is 0 Å². The third-order valence-corrected chi connectivity index (χ3v) is 2.52. The van der Waals surface area contributed by atoms with E-state index < -0.39 is 0 Å². The third-order valence-electron chi connectivity index (χ3n) is 2.18. The lowest BCUT2D eigenvalue weighted by Gasteiger charge is -2.06. The number of carbonyl (C=O) groups is 1. The van der Waals surface area contributed by atoms with Gasteiger partial charge in [-0.1, -0.05) is 11.6 Å². The molecule has 0 saturated heterocycles. The van der Waals surface area contributed by atoms with Gasteiger partial charge in [0, 0.05) is 25.3 Å². The van der Waals surface area contributed by atoms with Crippen LogP contribution in [0.4, 0.5) is 11.4 Å². The lowest BCUT2D eigenvalue weighted by atomic mass is 10.2. The third kappa shape index (κ3) is 5.06. The average Bonchev–Trinajstić information content (AvgIpc) is 2.30. The van der Waals surface area contributed by atoms with Crippen molar-refractivity contribution in [2.45, 2.75) is 19.8 Å². The van der Waals surface area contributed by atoms with Crippen molar-refractivity contribution in [1.29, 1.82) is 0 Å². The van der Waals surface area contributed by atoms with Gasteiger partial charge in [0.25, 0.3) is 0 Å². The molecule has 1 amide bonds. The molecule has 17 heavy (non-hydrogen) atoms. The minimum atomic E-state index is -0.0496. The Balaban J connectivity index is 2.37. The molecule has 5 heteroatoms. The quantitative estimate of drug-likeness (QED) is 0.608. The van der Waals surface area contributed by atoms with E-state index in [1.807, 2.05) is 6.92 Å². The van der Waals surface area contributed by atoms with Gasteiger partial charge in [-0.2, -0.15) is 0 Å². The van der Waals surface area contributed by atoms with Gasteiger partial charge in [-0.3, -0.25) is 4.79 Å². The lowest BCUT2D eigenvalue weighted by Crippen LogP contribution is -2.12. The highest BCUT2D eigenvalue weighted by atomic mass is 35.5. The molecule has 0 aliphatic rings. The molecular weight excluding hydrogens is 240 g/mol. The summed E-state index contributed by atoms with van der Waals surface area (Å²) in [6.45, 7) is 3.21. The summed E-state index contributed by atoms with van der Waals surface area (Å²) >= 11 is 5.78. The maximum absolute atomic E-state index is 11.5. The summed E-state index contributed by atoms with van der Waals surface area (Å²) in [4.78, 5) is 11.5. The van der Waals surface area contributed by atoms with Crippen molar-refractivity contribution in [3.05, 3.63) is 23.2 Å². The highest BCUT2D eigenvalue weighted by molar-refractivity contribution is 6.33. The number of benzene rings is 1. The molecule has 1 aromatic rings. The zero-order valence-corrected chi connectivity index (χ0v) is 10.6. The summed E-state index contributed by atoms with van der Waals surface area (Å²) in [5.41, 5.74) is 6.75. The first-order valence-electron chi connectivity index (χ1n) is 5.56. The molecule has 1 rings (SSSR count). The first-order chi connectivity index (χ1) is 8.13. The summed E-state index contributed by atoms with van der Waals surface area (Å²) in [5.74, 6) is -0.0496. The Labute approximate surface area is 106 Å². The number of rotatable bonds is 6. The minimum absolute atomic E-state index is 0.0496. The van der Waals surface area contributed by atoms with E-state index in [2.05, 4.69) is 5.32 Å². The second kappa shape index (κ2) is 7.14. The summed E-state index contributed by atoms with van der Waals surface area (Å²) in [7, 11) is 0. The smallest absolute Gasteiger partial charge is 0.224 e. The van der Waals surface area contributed by atoms with Crippen LogP contribution < -0.4 is 11.1 Å². The molecule has 0 aliphatic carbocycles. The van der Waals surface area contributed by atoms with E-state index in [0.717, 1.165) is 0 Å². The number of anilines is 2. The van der Waals surface area contributed by atoms with Gasteiger partial charge >= 0.3 is 0 Å². The van der Waals surface area contributed by atoms with Crippen molar-refractivity contribution in [2.24, 2.45) is 0 Å². The van der Waals surface area contributed by atoms with E-state index in [1.54, 1.807) is 18.2 Å². The number of nitrogens with one attached hydrogen (secondary N) is 1. The van der Waals surface area contributed by atoms with E-state index in [4.69, 9.17) is 22.1 Å². The fourth-order valence-corrected chi connectivity index (χ4v) is 1.44. The Kier molecular flexibility index (Phi) is 5.80. The second-order valence-electron chi connectivity index (χ2n) is 3.58. The van der Waals surface area contributed by atoms with Crippen LogP contribution in [0.2, 0.25) is 5.02 Å². The fraction of sp³-hybridized carbons (Fsp3) is 0.417. The molecule has 0 fully saturated rings. The molecule has 0 atom stereocenters. The van der Waals surface area contributed by atoms with Crippen LogP contribution in [0.3, 0.4) is 0 Å². The van der Waals surface area contributed by atoms with Gasteiger partial charge in [0.15, 0.2) is 0 Å². The van der Waals surface area contributed by atoms with Crippen LogP contribution in [0.15, 0.2) is 18.2 Å². The second-order valence-corrected chi connectivity index (χ2v) is 3.99. The molecule has 0 spiro atoms. The molecule has 0 radical (unpaired) electrons. The number of amides is 1. The van der Waals surface area contributed by atoms with Crippen molar-refractivity contribution in [3.63, 3.8) is 0 Å². The van der Waals surface area contributed by atoms with Crippen LogP contribution in [0.1, 0.15) is 19.8 Å². The van der Waals surface area contributed by atoms with E-state index >= 15 is 0 Å². The SMILES string of the molecule is CCOCCCC(=O)Nc1ccc(Cl)c(N)c1. The summed E-state index contributed by atoms with van der Waals surface area (Å²) < 4.78 is 5.15. The Morgan fingerprint density at radius 1 is 1.53 bits per heavy atom. The topological polar surface area (TPSA) is 64.3 Å². The van der Waals surface area contributed by atoms with Crippen molar-refractivity contribution < 1.29 is 9.53 Å². The molecule has 0 saturated carbocycles. The largest absolute Gasteiger partial charge is 0.397 e. The van der Waals surface area contributed by atoms with E-state index in [0.29, 0.717) is 42.5 Å². The molecular formula is C12H17ClN2O2. The fourth-order valence-electron chi connectivity index (χ4n) is 1.32. The van der Waals surface area contributed by atoms with Gasteiger partial charge in [0.05, 0.1) is 10.7 Å². The van der Waals surface area contributed by atoms with Gasteiger partial charge in [-0.05, 0) is 31.5 Å². The van der Waals surface area contributed by atoms with Crippen molar-refractivity contribution >= 4 is 28.9 Å². The van der Waals surface area contributed by atoms with Crippen LogP contribution in [0.5, 0.6) is 0 Å². The maximum Gasteiger partial charge on any atom is 0.224 e. The summed E-state index contributed by atoms with van der Waals surface area (Å²) in [6, 6.07) is 5.02. The van der Waals surface area contributed by atoms with Crippen molar-refractivity contribution in [3.8, 4) is 0 Å². The Bertz CT molecular complexity index is 383. The van der Waals surface area contributed by atoms with E-state index in [1.165, 1.54) is 0 Å². The first-order valence-corrected chi connectivity index (χ1v) is 5.94. The average molecular weight is 257 g/mol. The zero-order chi connectivity index (χ0) is 12.7. The molecule has 4 nitrogen and oxygen atoms in total. The Morgan fingerprint density at radius 2 is 2.29 bits per heavy atom. The predicted octanol–water partition coefficient (Wildman–Crippen LogP) is 2.68. The lowest BCUT2D eigenvalue weighted by molar-refractivity contribution is -0.116. The molecule has 3 N–H and O–H groups in total. The maximum atomic E-state index is 11.5. The Morgan fingerprint density at radius 3 is 2.94 bits per heavy atom. The highest BCUT2D eigenvalue weighted by Crippen LogP contribution is 2.22. The number of nitrogen functional groups attached to an aromatic ring is 1. The van der Waals surface area contributed by atoms with Crippen molar-refractivity contribution in [1.82, 2.24) is 0 Å². The van der Waals surface area contributed by atoms with Crippen molar-refractivity contribution in [2.75, 3.05) is 24.3 Å². The van der Waals surface area contributed by atoms with Gasteiger partial charge < -0.3 is 15.8 Å². The minimum Gasteiger partial charge on any atom is -0.397 e. The van der Waals surface area contributed by atoms with Gasteiger partial charge in [0.2, 0.25) is 5.91 Å². The number of hydrogen-bond donors (Lipinski definition) is 2.